The third-order valence-electron chi connectivity index (χ3n) is 3.30. The van der Waals surface area contributed by atoms with E-state index in [1.54, 1.807) is 0 Å². The van der Waals surface area contributed by atoms with E-state index in [9.17, 15) is 4.39 Å². The van der Waals surface area contributed by atoms with Crippen LogP contribution in [0.2, 0.25) is 0 Å². The number of likely N-dealkylation sites (tertiary alicyclic amines) is 1. The van der Waals surface area contributed by atoms with Crippen LogP contribution in [-0.4, -0.2) is 22.8 Å². The van der Waals surface area contributed by atoms with Gasteiger partial charge in [0, 0.05) is 17.9 Å². The highest BCUT2D eigenvalue weighted by Crippen LogP contribution is 2.23. The fourth-order valence-electron chi connectivity index (χ4n) is 2.32. The van der Waals surface area contributed by atoms with Gasteiger partial charge < -0.3 is 0 Å². The van der Waals surface area contributed by atoms with E-state index < -0.39 is 0 Å². The van der Waals surface area contributed by atoms with Gasteiger partial charge in [-0.1, -0.05) is 28.4 Å². The fourth-order valence-corrected chi connectivity index (χ4v) is 3.47. The van der Waals surface area contributed by atoms with Gasteiger partial charge in [0.1, 0.15) is 5.82 Å². The molecular formula is C13H16Br2FN. The normalized spacial score (nSPS) is 21.7. The second kappa shape index (κ2) is 6.30. The van der Waals surface area contributed by atoms with E-state index in [-0.39, 0.29) is 5.82 Å². The van der Waals surface area contributed by atoms with Gasteiger partial charge >= 0.3 is 0 Å². The Kier molecular flexibility index (Phi) is 5.00. The van der Waals surface area contributed by atoms with Crippen LogP contribution in [0.25, 0.3) is 0 Å². The van der Waals surface area contributed by atoms with Gasteiger partial charge in [0.2, 0.25) is 0 Å². The molecule has 94 valence electrons. The molecule has 0 spiro atoms. The lowest BCUT2D eigenvalue weighted by Crippen LogP contribution is -2.39. The minimum absolute atomic E-state index is 0.190. The molecule has 0 aromatic heterocycles. The van der Waals surface area contributed by atoms with Gasteiger partial charge in [0.25, 0.3) is 0 Å². The molecule has 1 aliphatic rings. The predicted octanol–water partition coefficient (Wildman–Crippen LogP) is 4.34. The highest BCUT2D eigenvalue weighted by atomic mass is 79.9. The second-order valence-electron chi connectivity index (χ2n) is 4.52. The number of benzene rings is 1. The molecule has 1 aliphatic heterocycles. The molecule has 1 aromatic carbocycles. The van der Waals surface area contributed by atoms with E-state index in [1.165, 1.54) is 30.9 Å². The summed E-state index contributed by atoms with van der Waals surface area (Å²) in [6.07, 6.45) is 3.85. The summed E-state index contributed by atoms with van der Waals surface area (Å²) in [5, 5.41) is 1.02. The lowest BCUT2D eigenvalue weighted by atomic mass is 10.0. The van der Waals surface area contributed by atoms with Crippen LogP contribution in [-0.2, 0) is 6.54 Å². The van der Waals surface area contributed by atoms with Gasteiger partial charge in [-0.05, 0) is 53.0 Å². The van der Waals surface area contributed by atoms with Crippen LogP contribution in [0.3, 0.4) is 0 Å². The number of piperidine rings is 1. The molecule has 0 saturated carbocycles. The summed E-state index contributed by atoms with van der Waals surface area (Å²) >= 11 is 6.82. The topological polar surface area (TPSA) is 3.24 Å². The maximum Gasteiger partial charge on any atom is 0.137 e. The van der Waals surface area contributed by atoms with E-state index >= 15 is 0 Å². The molecule has 0 aliphatic carbocycles. The molecule has 1 nitrogen and oxygen atoms in total. The number of halogens is 3. The van der Waals surface area contributed by atoms with Crippen molar-refractivity contribution in [3.8, 4) is 0 Å². The Morgan fingerprint density at radius 2 is 2.18 bits per heavy atom. The van der Waals surface area contributed by atoms with E-state index in [1.807, 2.05) is 12.1 Å². The Morgan fingerprint density at radius 3 is 2.88 bits per heavy atom. The second-order valence-corrected chi connectivity index (χ2v) is 6.02. The van der Waals surface area contributed by atoms with Crippen LogP contribution in [0.1, 0.15) is 24.8 Å². The smallest absolute Gasteiger partial charge is 0.137 e. The summed E-state index contributed by atoms with van der Waals surface area (Å²) in [5.74, 6) is -0.190. The van der Waals surface area contributed by atoms with Crippen molar-refractivity contribution < 1.29 is 4.39 Å². The zero-order chi connectivity index (χ0) is 12.3. The maximum absolute atomic E-state index is 13.2. The van der Waals surface area contributed by atoms with E-state index in [4.69, 9.17) is 0 Å². The molecule has 1 fully saturated rings. The van der Waals surface area contributed by atoms with Crippen molar-refractivity contribution in [3.05, 3.63) is 34.1 Å². The Hall–Kier alpha value is 0.0700. The lowest BCUT2D eigenvalue weighted by Gasteiger charge is -2.34. The van der Waals surface area contributed by atoms with Crippen LogP contribution in [0, 0.1) is 5.82 Å². The number of alkyl halides is 1. The van der Waals surface area contributed by atoms with Gasteiger partial charge in [0.15, 0.2) is 0 Å². The molecule has 0 radical (unpaired) electrons. The minimum Gasteiger partial charge on any atom is -0.295 e. The largest absolute Gasteiger partial charge is 0.295 e. The summed E-state index contributed by atoms with van der Waals surface area (Å²) in [7, 11) is 0. The highest BCUT2D eigenvalue weighted by Gasteiger charge is 2.21. The van der Waals surface area contributed by atoms with Gasteiger partial charge in [-0.2, -0.15) is 0 Å². The molecule has 4 heteroatoms. The first-order valence-corrected chi connectivity index (χ1v) is 7.86. The summed E-state index contributed by atoms with van der Waals surface area (Å²) in [5.41, 5.74) is 1.17. The molecule has 1 aromatic rings. The van der Waals surface area contributed by atoms with Crippen LogP contribution < -0.4 is 0 Å². The van der Waals surface area contributed by atoms with Crippen molar-refractivity contribution in [1.82, 2.24) is 4.90 Å². The van der Waals surface area contributed by atoms with Crippen molar-refractivity contribution in [2.75, 3.05) is 11.9 Å². The standard InChI is InChI=1S/C13H16Br2FN/c14-8-11-3-1-2-6-17(11)9-10-4-5-13(16)12(15)7-10/h4-5,7,11H,1-3,6,8-9H2. The van der Waals surface area contributed by atoms with Crippen molar-refractivity contribution >= 4 is 31.9 Å². The average molecular weight is 365 g/mol. The lowest BCUT2D eigenvalue weighted by molar-refractivity contribution is 0.156. The summed E-state index contributed by atoms with van der Waals surface area (Å²) in [6.45, 7) is 2.06. The van der Waals surface area contributed by atoms with Gasteiger partial charge in [-0.15, -0.1) is 0 Å². The predicted molar refractivity (Wildman–Crippen MR) is 75.9 cm³/mol. The Morgan fingerprint density at radius 1 is 1.35 bits per heavy atom. The van der Waals surface area contributed by atoms with Crippen molar-refractivity contribution in [2.24, 2.45) is 0 Å². The van der Waals surface area contributed by atoms with E-state index in [2.05, 4.69) is 36.8 Å². The van der Waals surface area contributed by atoms with Crippen molar-refractivity contribution in [3.63, 3.8) is 0 Å². The van der Waals surface area contributed by atoms with E-state index in [0.717, 1.165) is 18.4 Å². The average Bonchev–Trinajstić information content (AvgIpc) is 2.34. The summed E-state index contributed by atoms with van der Waals surface area (Å²) in [4.78, 5) is 2.48. The molecule has 0 amide bonds. The zero-order valence-corrected chi connectivity index (χ0v) is 12.8. The first kappa shape index (κ1) is 13.5. The Balaban J connectivity index is 2.05. The maximum atomic E-state index is 13.2. The minimum atomic E-state index is -0.190. The Bertz CT molecular complexity index is 384. The van der Waals surface area contributed by atoms with Crippen LogP contribution in [0.5, 0.6) is 0 Å². The molecule has 1 saturated heterocycles. The highest BCUT2D eigenvalue weighted by molar-refractivity contribution is 9.10. The zero-order valence-electron chi connectivity index (χ0n) is 9.63. The van der Waals surface area contributed by atoms with Crippen LogP contribution in [0.4, 0.5) is 4.39 Å². The summed E-state index contributed by atoms with van der Waals surface area (Å²) < 4.78 is 13.7. The van der Waals surface area contributed by atoms with Crippen molar-refractivity contribution in [1.29, 1.82) is 0 Å². The number of hydrogen-bond donors (Lipinski definition) is 0. The van der Waals surface area contributed by atoms with Gasteiger partial charge in [-0.25, -0.2) is 4.39 Å². The quantitative estimate of drug-likeness (QED) is 0.721. The molecular weight excluding hydrogens is 349 g/mol. The van der Waals surface area contributed by atoms with Crippen molar-refractivity contribution in [2.45, 2.75) is 31.8 Å². The number of hydrogen-bond acceptors (Lipinski definition) is 1. The molecule has 0 bridgehead atoms. The van der Waals surface area contributed by atoms with Crippen LogP contribution >= 0.6 is 31.9 Å². The molecule has 1 heterocycles. The molecule has 0 N–H and O–H groups in total. The van der Waals surface area contributed by atoms with Gasteiger partial charge in [0.05, 0.1) is 4.47 Å². The van der Waals surface area contributed by atoms with Gasteiger partial charge in [-0.3, -0.25) is 4.90 Å². The third-order valence-corrected chi connectivity index (χ3v) is 4.65. The number of nitrogens with zero attached hydrogens (tertiary/aromatic N) is 1. The first-order valence-electron chi connectivity index (χ1n) is 5.94. The third kappa shape index (κ3) is 3.52. The molecule has 1 atom stereocenters. The first-order chi connectivity index (χ1) is 8.20. The Labute approximate surface area is 119 Å². The molecule has 2 rings (SSSR count). The molecule has 1 unspecified atom stereocenters. The SMILES string of the molecule is Fc1ccc(CN2CCCCC2CBr)cc1Br. The van der Waals surface area contributed by atoms with E-state index in [0.29, 0.717) is 10.5 Å². The monoisotopic (exact) mass is 363 g/mol. The summed E-state index contributed by atoms with van der Waals surface area (Å²) in [6, 6.07) is 5.91. The van der Waals surface area contributed by atoms with Crippen LogP contribution in [0.15, 0.2) is 22.7 Å². The number of rotatable bonds is 3. The fraction of sp³-hybridized carbons (Fsp3) is 0.538. The molecule has 17 heavy (non-hydrogen) atoms.